The Balaban J connectivity index is 1.60. The van der Waals surface area contributed by atoms with Gasteiger partial charge in [0.25, 0.3) is 0 Å². The van der Waals surface area contributed by atoms with Crippen LogP contribution in [0.25, 0.3) is 0 Å². The minimum absolute atomic E-state index is 0.153. The molecule has 5 heteroatoms. The summed E-state index contributed by atoms with van der Waals surface area (Å²) < 4.78 is 10.5. The van der Waals surface area contributed by atoms with Gasteiger partial charge in [-0.15, -0.1) is 0 Å². The first kappa shape index (κ1) is 18.2. The average Bonchev–Trinajstić information content (AvgIpc) is 2.71. The lowest BCUT2D eigenvalue weighted by Gasteiger charge is -2.09. The SMILES string of the molecule is Nc1cc(C(=O)OCc2ccccc2)ccc1C(=O)OCc1ccccc1. The first-order valence-electron chi connectivity index (χ1n) is 8.45. The van der Waals surface area contributed by atoms with E-state index in [-0.39, 0.29) is 30.0 Å². The van der Waals surface area contributed by atoms with Gasteiger partial charge in [0.15, 0.2) is 0 Å². The van der Waals surface area contributed by atoms with Gasteiger partial charge in [0.1, 0.15) is 13.2 Å². The molecular formula is C22H19NO4. The van der Waals surface area contributed by atoms with Gasteiger partial charge in [0, 0.05) is 5.69 Å². The van der Waals surface area contributed by atoms with Gasteiger partial charge in [0.05, 0.1) is 11.1 Å². The number of hydrogen-bond acceptors (Lipinski definition) is 5. The van der Waals surface area contributed by atoms with E-state index in [1.807, 2.05) is 60.7 Å². The molecule has 0 heterocycles. The van der Waals surface area contributed by atoms with E-state index < -0.39 is 11.9 Å². The van der Waals surface area contributed by atoms with Gasteiger partial charge in [-0.3, -0.25) is 0 Å². The van der Waals surface area contributed by atoms with Crippen LogP contribution in [-0.4, -0.2) is 11.9 Å². The van der Waals surface area contributed by atoms with Gasteiger partial charge in [0.2, 0.25) is 0 Å². The number of benzene rings is 3. The average molecular weight is 361 g/mol. The Labute approximate surface area is 157 Å². The molecule has 0 unspecified atom stereocenters. The van der Waals surface area contributed by atoms with Crippen molar-refractivity contribution >= 4 is 17.6 Å². The van der Waals surface area contributed by atoms with Gasteiger partial charge in [-0.2, -0.15) is 0 Å². The minimum atomic E-state index is -0.541. The van der Waals surface area contributed by atoms with Crippen molar-refractivity contribution in [3.63, 3.8) is 0 Å². The molecule has 0 radical (unpaired) electrons. The lowest BCUT2D eigenvalue weighted by atomic mass is 10.1. The third kappa shape index (κ3) is 4.95. The molecule has 136 valence electrons. The van der Waals surface area contributed by atoms with E-state index in [0.717, 1.165) is 11.1 Å². The first-order valence-corrected chi connectivity index (χ1v) is 8.45. The summed E-state index contributed by atoms with van der Waals surface area (Å²) in [5.41, 5.74) is 8.36. The second-order valence-electron chi connectivity index (χ2n) is 5.93. The van der Waals surface area contributed by atoms with E-state index in [0.29, 0.717) is 0 Å². The first-order chi connectivity index (χ1) is 13.1. The highest BCUT2D eigenvalue weighted by atomic mass is 16.5. The number of rotatable bonds is 6. The van der Waals surface area contributed by atoms with E-state index >= 15 is 0 Å². The normalized spacial score (nSPS) is 10.2. The number of nitrogens with two attached hydrogens (primary N) is 1. The fraction of sp³-hybridized carbons (Fsp3) is 0.0909. The quantitative estimate of drug-likeness (QED) is 0.531. The molecule has 0 aliphatic carbocycles. The predicted molar refractivity (Wildman–Crippen MR) is 102 cm³/mol. The molecule has 3 aromatic carbocycles. The van der Waals surface area contributed by atoms with Gasteiger partial charge >= 0.3 is 11.9 Å². The summed E-state index contributed by atoms with van der Waals surface area (Å²) >= 11 is 0. The van der Waals surface area contributed by atoms with E-state index in [2.05, 4.69) is 0 Å². The van der Waals surface area contributed by atoms with Crippen molar-refractivity contribution in [3.05, 3.63) is 101 Å². The minimum Gasteiger partial charge on any atom is -0.457 e. The van der Waals surface area contributed by atoms with Gasteiger partial charge in [-0.05, 0) is 29.3 Å². The molecule has 0 aliphatic heterocycles. The molecule has 0 spiro atoms. The summed E-state index contributed by atoms with van der Waals surface area (Å²) in [6.45, 7) is 0.320. The number of carbonyl (C=O) groups is 2. The summed E-state index contributed by atoms with van der Waals surface area (Å²) in [7, 11) is 0. The lowest BCUT2D eigenvalue weighted by Crippen LogP contribution is -2.11. The number of carbonyl (C=O) groups excluding carboxylic acids is 2. The number of anilines is 1. The predicted octanol–water partition coefficient (Wildman–Crippen LogP) is 3.98. The highest BCUT2D eigenvalue weighted by Gasteiger charge is 2.15. The zero-order valence-corrected chi connectivity index (χ0v) is 14.6. The summed E-state index contributed by atoms with van der Waals surface area (Å²) in [5, 5.41) is 0. The van der Waals surface area contributed by atoms with E-state index in [4.69, 9.17) is 15.2 Å². The van der Waals surface area contributed by atoms with Crippen LogP contribution in [0.15, 0.2) is 78.9 Å². The zero-order valence-electron chi connectivity index (χ0n) is 14.6. The Bertz CT molecular complexity index is 924. The number of ether oxygens (including phenoxy) is 2. The Morgan fingerprint density at radius 3 is 1.74 bits per heavy atom. The monoisotopic (exact) mass is 361 g/mol. The molecule has 0 saturated carbocycles. The maximum Gasteiger partial charge on any atom is 0.340 e. The van der Waals surface area contributed by atoms with Crippen LogP contribution in [-0.2, 0) is 22.7 Å². The molecule has 3 rings (SSSR count). The maximum absolute atomic E-state index is 12.2. The van der Waals surface area contributed by atoms with Crippen LogP contribution in [0.2, 0.25) is 0 Å². The zero-order chi connectivity index (χ0) is 19.1. The second kappa shape index (κ2) is 8.67. The molecule has 0 bridgehead atoms. The Hall–Kier alpha value is -3.60. The molecule has 0 saturated heterocycles. The van der Waals surface area contributed by atoms with Crippen LogP contribution in [0.1, 0.15) is 31.8 Å². The van der Waals surface area contributed by atoms with Crippen molar-refractivity contribution in [2.45, 2.75) is 13.2 Å². The third-order valence-electron chi connectivity index (χ3n) is 3.93. The summed E-state index contributed by atoms with van der Waals surface area (Å²) in [4.78, 5) is 24.4. The third-order valence-corrected chi connectivity index (χ3v) is 3.93. The Kier molecular flexibility index (Phi) is 5.84. The van der Waals surface area contributed by atoms with Crippen LogP contribution < -0.4 is 5.73 Å². The summed E-state index contributed by atoms with van der Waals surface area (Å²) in [6, 6.07) is 23.1. The standard InChI is InChI=1S/C22H19NO4/c23-20-13-18(21(24)26-14-16-7-3-1-4-8-16)11-12-19(20)22(25)27-15-17-9-5-2-6-10-17/h1-13H,14-15,23H2. The topological polar surface area (TPSA) is 78.6 Å². The lowest BCUT2D eigenvalue weighted by molar-refractivity contribution is 0.0459. The molecule has 2 N–H and O–H groups in total. The maximum atomic E-state index is 12.2. The molecule has 0 fully saturated rings. The van der Waals surface area contributed by atoms with Crippen LogP contribution in [0.3, 0.4) is 0 Å². The van der Waals surface area contributed by atoms with Crippen molar-refractivity contribution in [1.82, 2.24) is 0 Å². The Morgan fingerprint density at radius 1 is 0.704 bits per heavy atom. The molecule has 0 atom stereocenters. The van der Waals surface area contributed by atoms with Crippen LogP contribution >= 0.6 is 0 Å². The largest absolute Gasteiger partial charge is 0.457 e. The highest BCUT2D eigenvalue weighted by molar-refractivity contribution is 5.98. The fourth-order valence-corrected chi connectivity index (χ4v) is 2.48. The van der Waals surface area contributed by atoms with E-state index in [9.17, 15) is 9.59 Å². The van der Waals surface area contributed by atoms with Gasteiger partial charge in [-0.1, -0.05) is 60.7 Å². The molecule has 5 nitrogen and oxygen atoms in total. The molecular weight excluding hydrogens is 342 g/mol. The number of esters is 2. The smallest absolute Gasteiger partial charge is 0.340 e. The van der Waals surface area contributed by atoms with E-state index in [1.165, 1.54) is 18.2 Å². The molecule has 0 amide bonds. The molecule has 3 aromatic rings. The van der Waals surface area contributed by atoms with Crippen molar-refractivity contribution in [2.24, 2.45) is 0 Å². The van der Waals surface area contributed by atoms with Crippen molar-refractivity contribution in [2.75, 3.05) is 5.73 Å². The van der Waals surface area contributed by atoms with Crippen molar-refractivity contribution in [3.8, 4) is 0 Å². The van der Waals surface area contributed by atoms with Crippen LogP contribution in [0.4, 0.5) is 5.69 Å². The van der Waals surface area contributed by atoms with Gasteiger partial charge < -0.3 is 15.2 Å². The van der Waals surface area contributed by atoms with Crippen molar-refractivity contribution < 1.29 is 19.1 Å². The van der Waals surface area contributed by atoms with Gasteiger partial charge in [-0.25, -0.2) is 9.59 Å². The molecule has 0 aliphatic rings. The van der Waals surface area contributed by atoms with Crippen LogP contribution in [0.5, 0.6) is 0 Å². The molecule has 27 heavy (non-hydrogen) atoms. The Morgan fingerprint density at radius 2 is 1.22 bits per heavy atom. The fourth-order valence-electron chi connectivity index (χ4n) is 2.48. The van der Waals surface area contributed by atoms with E-state index in [1.54, 1.807) is 0 Å². The number of nitrogen functional groups attached to an aromatic ring is 1. The number of hydrogen-bond donors (Lipinski definition) is 1. The summed E-state index contributed by atoms with van der Waals surface area (Å²) in [6.07, 6.45) is 0. The second-order valence-corrected chi connectivity index (χ2v) is 5.93. The highest BCUT2D eigenvalue weighted by Crippen LogP contribution is 2.17. The summed E-state index contributed by atoms with van der Waals surface area (Å²) in [5.74, 6) is -1.05. The van der Waals surface area contributed by atoms with Crippen molar-refractivity contribution in [1.29, 1.82) is 0 Å². The van der Waals surface area contributed by atoms with Crippen LogP contribution in [0, 0.1) is 0 Å². The molecule has 0 aromatic heterocycles.